The number of hydrogen-bond donors (Lipinski definition) is 2. The molecule has 1 unspecified atom stereocenters. The molecule has 0 saturated carbocycles. The Hall–Kier alpha value is -1.88. The minimum absolute atomic E-state index is 0.0855. The molecule has 0 saturated heterocycles. The molecule has 0 aromatic heterocycles. The van der Waals surface area contributed by atoms with Crippen molar-refractivity contribution in [2.75, 3.05) is 6.61 Å². The second-order valence-corrected chi connectivity index (χ2v) is 4.43. The van der Waals surface area contributed by atoms with Crippen molar-refractivity contribution in [1.29, 1.82) is 0 Å². The smallest absolute Gasteiger partial charge is 0.234 e. The molecule has 1 amide bonds. The number of nitrogens with two attached hydrogens (primary N) is 2. The van der Waals surface area contributed by atoms with Crippen molar-refractivity contribution in [3.05, 3.63) is 29.8 Å². The van der Waals surface area contributed by atoms with Crippen LogP contribution in [0.25, 0.3) is 0 Å². The minimum Gasteiger partial charge on any atom is -0.486 e. The Morgan fingerprint density at radius 3 is 2.42 bits per heavy atom. The van der Waals surface area contributed by atoms with E-state index in [2.05, 4.69) is 0 Å². The monoisotopic (exact) mass is 264 g/mol. The second-order valence-electron chi connectivity index (χ2n) is 4.43. The molecule has 1 aromatic carbocycles. The van der Waals surface area contributed by atoms with Gasteiger partial charge < -0.3 is 16.2 Å². The van der Waals surface area contributed by atoms with Gasteiger partial charge in [0.05, 0.1) is 6.04 Å². The summed E-state index contributed by atoms with van der Waals surface area (Å²) in [4.78, 5) is 22.2. The molecule has 1 atom stereocenters. The molecule has 1 aromatic rings. The third kappa shape index (κ3) is 5.52. The average Bonchev–Trinajstić information content (AvgIpc) is 2.38. The Bertz CT molecular complexity index is 429. The first-order chi connectivity index (χ1) is 9.02. The number of benzene rings is 1. The summed E-state index contributed by atoms with van der Waals surface area (Å²) >= 11 is 0. The number of carbonyl (C=O) groups excluding carboxylic acids is 2. The van der Waals surface area contributed by atoms with E-state index in [0.29, 0.717) is 18.6 Å². The van der Waals surface area contributed by atoms with Crippen molar-refractivity contribution in [2.45, 2.75) is 32.2 Å². The summed E-state index contributed by atoms with van der Waals surface area (Å²) < 4.78 is 5.36. The number of hydrogen-bond acceptors (Lipinski definition) is 4. The molecule has 0 bridgehead atoms. The van der Waals surface area contributed by atoms with Crippen molar-refractivity contribution in [1.82, 2.24) is 0 Å². The van der Waals surface area contributed by atoms with Gasteiger partial charge in [-0.2, -0.15) is 0 Å². The molecule has 0 aliphatic rings. The number of rotatable bonds is 8. The van der Waals surface area contributed by atoms with Gasteiger partial charge in [0.2, 0.25) is 5.91 Å². The van der Waals surface area contributed by atoms with Gasteiger partial charge in [-0.05, 0) is 30.5 Å². The van der Waals surface area contributed by atoms with Gasteiger partial charge in [-0.25, -0.2) is 0 Å². The third-order valence-electron chi connectivity index (χ3n) is 2.67. The van der Waals surface area contributed by atoms with Gasteiger partial charge in [-0.15, -0.1) is 0 Å². The Labute approximate surface area is 112 Å². The van der Waals surface area contributed by atoms with E-state index in [9.17, 15) is 9.59 Å². The number of carbonyl (C=O) groups is 2. The van der Waals surface area contributed by atoms with Crippen LogP contribution in [0, 0.1) is 0 Å². The van der Waals surface area contributed by atoms with Crippen LogP contribution < -0.4 is 16.2 Å². The summed E-state index contributed by atoms with van der Waals surface area (Å²) in [5.41, 5.74) is 11.6. The lowest BCUT2D eigenvalue weighted by molar-refractivity contribution is -0.121. The van der Waals surface area contributed by atoms with E-state index < -0.39 is 11.9 Å². The van der Waals surface area contributed by atoms with E-state index in [4.69, 9.17) is 16.2 Å². The Balaban J connectivity index is 2.47. The predicted molar refractivity (Wildman–Crippen MR) is 72.7 cm³/mol. The number of ether oxygens (including phenoxy) is 1. The maximum atomic E-state index is 11.3. The van der Waals surface area contributed by atoms with Crippen molar-refractivity contribution < 1.29 is 14.3 Å². The molecule has 0 radical (unpaired) electrons. The first-order valence-electron chi connectivity index (χ1n) is 6.31. The van der Waals surface area contributed by atoms with E-state index in [1.807, 2.05) is 19.1 Å². The molecule has 0 heterocycles. The SMILES string of the molecule is CCCC(=O)COc1ccc(CC(N)C(N)=O)cc1. The van der Waals surface area contributed by atoms with Gasteiger partial charge in [-0.3, -0.25) is 9.59 Å². The molecule has 0 aliphatic heterocycles. The highest BCUT2D eigenvalue weighted by atomic mass is 16.5. The zero-order valence-corrected chi connectivity index (χ0v) is 11.1. The van der Waals surface area contributed by atoms with Crippen molar-refractivity contribution in [3.8, 4) is 5.75 Å². The highest BCUT2D eigenvalue weighted by molar-refractivity contribution is 5.80. The fraction of sp³-hybridized carbons (Fsp3) is 0.429. The number of primary amides is 1. The Kier molecular flexibility index (Phi) is 6.02. The van der Waals surface area contributed by atoms with E-state index in [1.54, 1.807) is 12.1 Å². The Morgan fingerprint density at radius 1 is 1.26 bits per heavy atom. The summed E-state index contributed by atoms with van der Waals surface area (Å²) in [7, 11) is 0. The largest absolute Gasteiger partial charge is 0.486 e. The molecule has 4 N–H and O–H groups in total. The zero-order chi connectivity index (χ0) is 14.3. The fourth-order valence-electron chi connectivity index (χ4n) is 1.59. The van der Waals surface area contributed by atoms with Crippen molar-refractivity contribution in [2.24, 2.45) is 11.5 Å². The highest BCUT2D eigenvalue weighted by Gasteiger charge is 2.10. The third-order valence-corrected chi connectivity index (χ3v) is 2.67. The van der Waals surface area contributed by atoms with Crippen LogP contribution >= 0.6 is 0 Å². The highest BCUT2D eigenvalue weighted by Crippen LogP contribution is 2.13. The van der Waals surface area contributed by atoms with Crippen LogP contribution in [0.3, 0.4) is 0 Å². The van der Waals surface area contributed by atoms with Crippen LogP contribution in [-0.2, 0) is 16.0 Å². The van der Waals surface area contributed by atoms with Crippen molar-refractivity contribution >= 4 is 11.7 Å². The van der Waals surface area contributed by atoms with Crippen LogP contribution in [0.1, 0.15) is 25.3 Å². The molecule has 1 rings (SSSR count). The summed E-state index contributed by atoms with van der Waals surface area (Å²) in [6.07, 6.45) is 1.75. The summed E-state index contributed by atoms with van der Waals surface area (Å²) in [5.74, 6) is 0.189. The van der Waals surface area contributed by atoms with Gasteiger partial charge >= 0.3 is 0 Å². The number of ketones is 1. The van der Waals surface area contributed by atoms with Crippen molar-refractivity contribution in [3.63, 3.8) is 0 Å². The first kappa shape index (κ1) is 15.2. The Morgan fingerprint density at radius 2 is 1.89 bits per heavy atom. The lowest BCUT2D eigenvalue weighted by Gasteiger charge is -2.09. The quantitative estimate of drug-likeness (QED) is 0.725. The molecular weight excluding hydrogens is 244 g/mol. The van der Waals surface area contributed by atoms with Gasteiger partial charge in [0.25, 0.3) is 0 Å². The van der Waals surface area contributed by atoms with Gasteiger partial charge in [-0.1, -0.05) is 19.1 Å². The molecule has 5 nitrogen and oxygen atoms in total. The van der Waals surface area contributed by atoms with Crippen LogP contribution in [0.4, 0.5) is 0 Å². The standard InChI is InChI=1S/C14H20N2O3/c1-2-3-11(17)9-19-12-6-4-10(5-7-12)8-13(15)14(16)18/h4-7,13H,2-3,8-9,15H2,1H3,(H2,16,18). The minimum atomic E-state index is -0.682. The topological polar surface area (TPSA) is 95.4 Å². The van der Waals surface area contributed by atoms with E-state index in [0.717, 1.165) is 12.0 Å². The molecule has 5 heteroatoms. The summed E-state index contributed by atoms with van der Waals surface area (Å²) in [5, 5.41) is 0. The molecule has 0 spiro atoms. The number of amides is 1. The van der Waals surface area contributed by atoms with Gasteiger partial charge in [0.1, 0.15) is 12.4 Å². The van der Waals surface area contributed by atoms with Crippen LogP contribution in [0.2, 0.25) is 0 Å². The molecule has 104 valence electrons. The van der Waals surface area contributed by atoms with Crippen LogP contribution in [0.15, 0.2) is 24.3 Å². The van der Waals surface area contributed by atoms with E-state index in [-0.39, 0.29) is 12.4 Å². The average molecular weight is 264 g/mol. The molecular formula is C14H20N2O3. The molecule has 19 heavy (non-hydrogen) atoms. The van der Waals surface area contributed by atoms with E-state index in [1.165, 1.54) is 0 Å². The maximum absolute atomic E-state index is 11.3. The molecule has 0 aliphatic carbocycles. The first-order valence-corrected chi connectivity index (χ1v) is 6.31. The lowest BCUT2D eigenvalue weighted by Crippen LogP contribution is -2.38. The second kappa shape index (κ2) is 7.53. The van der Waals surface area contributed by atoms with Crippen LogP contribution in [0.5, 0.6) is 5.75 Å². The lowest BCUT2D eigenvalue weighted by atomic mass is 10.1. The summed E-state index contributed by atoms with van der Waals surface area (Å²) in [6, 6.07) is 6.44. The zero-order valence-electron chi connectivity index (χ0n) is 11.1. The maximum Gasteiger partial charge on any atom is 0.234 e. The predicted octanol–water partition coefficient (Wildman–Crippen LogP) is 0.790. The van der Waals surface area contributed by atoms with Gasteiger partial charge in [0.15, 0.2) is 5.78 Å². The van der Waals surface area contributed by atoms with Crippen LogP contribution in [-0.4, -0.2) is 24.3 Å². The normalized spacial score (nSPS) is 11.9. The van der Waals surface area contributed by atoms with Gasteiger partial charge in [0, 0.05) is 6.42 Å². The number of Topliss-reactive ketones (excluding diaryl/α,β-unsaturated/α-hetero) is 1. The van der Waals surface area contributed by atoms with E-state index >= 15 is 0 Å². The molecule has 0 fully saturated rings. The fourth-order valence-corrected chi connectivity index (χ4v) is 1.59. The summed E-state index contributed by atoms with van der Waals surface area (Å²) in [6.45, 7) is 2.04.